The SMILES string of the molecule is Cc1cc(N(C)C(C)c2ccc(Cl)cc2)ccc1C=O. The van der Waals surface area contributed by atoms with E-state index in [1.54, 1.807) is 0 Å². The van der Waals surface area contributed by atoms with E-state index in [-0.39, 0.29) is 6.04 Å². The molecule has 0 saturated carbocycles. The van der Waals surface area contributed by atoms with Crippen molar-refractivity contribution in [3.63, 3.8) is 0 Å². The summed E-state index contributed by atoms with van der Waals surface area (Å²) in [5.74, 6) is 0. The smallest absolute Gasteiger partial charge is 0.150 e. The van der Waals surface area contributed by atoms with Crippen LogP contribution in [0.15, 0.2) is 42.5 Å². The number of hydrogen-bond donors (Lipinski definition) is 0. The summed E-state index contributed by atoms with van der Waals surface area (Å²) in [5.41, 5.74) is 4.03. The van der Waals surface area contributed by atoms with Gasteiger partial charge in [0.1, 0.15) is 6.29 Å². The minimum absolute atomic E-state index is 0.230. The minimum atomic E-state index is 0.230. The average Bonchev–Trinajstić information content (AvgIpc) is 2.46. The van der Waals surface area contributed by atoms with E-state index in [0.717, 1.165) is 28.1 Å². The standard InChI is InChI=1S/C17H18ClNO/c1-12-10-17(9-6-15(12)11-20)19(3)13(2)14-4-7-16(18)8-5-14/h4-11,13H,1-3H3. The molecule has 0 aliphatic rings. The summed E-state index contributed by atoms with van der Waals surface area (Å²) in [4.78, 5) is 13.1. The van der Waals surface area contributed by atoms with Crippen LogP contribution >= 0.6 is 11.6 Å². The first kappa shape index (κ1) is 14.6. The van der Waals surface area contributed by atoms with Gasteiger partial charge in [0.05, 0.1) is 6.04 Å². The van der Waals surface area contributed by atoms with Gasteiger partial charge in [0.25, 0.3) is 0 Å². The van der Waals surface area contributed by atoms with Crippen molar-refractivity contribution in [1.82, 2.24) is 0 Å². The molecule has 2 aromatic carbocycles. The molecular formula is C17H18ClNO. The van der Waals surface area contributed by atoms with Crippen LogP contribution in [0, 0.1) is 6.92 Å². The highest BCUT2D eigenvalue weighted by atomic mass is 35.5. The summed E-state index contributed by atoms with van der Waals surface area (Å²) >= 11 is 5.92. The minimum Gasteiger partial charge on any atom is -0.368 e. The second-order valence-corrected chi connectivity index (χ2v) is 5.43. The second kappa shape index (κ2) is 6.10. The normalized spacial score (nSPS) is 12.0. The fraction of sp³-hybridized carbons (Fsp3) is 0.235. The Balaban J connectivity index is 2.26. The van der Waals surface area contributed by atoms with Crippen LogP contribution in [0.1, 0.15) is 34.5 Å². The number of aryl methyl sites for hydroxylation is 1. The van der Waals surface area contributed by atoms with Gasteiger partial charge < -0.3 is 4.90 Å². The molecule has 0 N–H and O–H groups in total. The molecule has 0 heterocycles. The first-order valence-electron chi connectivity index (χ1n) is 6.57. The summed E-state index contributed by atoms with van der Waals surface area (Å²) in [6, 6.07) is 14.0. The van der Waals surface area contributed by atoms with Gasteiger partial charge in [-0.2, -0.15) is 0 Å². The molecule has 104 valence electrons. The maximum absolute atomic E-state index is 10.9. The van der Waals surface area contributed by atoms with Crippen LogP contribution in [-0.2, 0) is 0 Å². The maximum Gasteiger partial charge on any atom is 0.150 e. The third-order valence-electron chi connectivity index (χ3n) is 3.72. The highest BCUT2D eigenvalue weighted by Crippen LogP contribution is 2.27. The van der Waals surface area contributed by atoms with Crippen molar-refractivity contribution in [2.45, 2.75) is 19.9 Å². The first-order valence-corrected chi connectivity index (χ1v) is 6.95. The number of aldehydes is 1. The molecule has 0 radical (unpaired) electrons. The number of halogens is 1. The van der Waals surface area contributed by atoms with E-state index in [1.807, 2.05) is 49.4 Å². The number of nitrogens with zero attached hydrogens (tertiary/aromatic N) is 1. The summed E-state index contributed by atoms with van der Waals surface area (Å²) in [6.07, 6.45) is 0.891. The van der Waals surface area contributed by atoms with Crippen molar-refractivity contribution < 1.29 is 4.79 Å². The summed E-state index contributed by atoms with van der Waals surface area (Å²) in [7, 11) is 2.05. The van der Waals surface area contributed by atoms with Crippen LogP contribution in [0.2, 0.25) is 5.02 Å². The number of rotatable bonds is 4. The number of carbonyl (C=O) groups excluding carboxylic acids is 1. The van der Waals surface area contributed by atoms with Gasteiger partial charge in [0.2, 0.25) is 0 Å². The molecule has 2 nitrogen and oxygen atoms in total. The Labute approximate surface area is 125 Å². The van der Waals surface area contributed by atoms with E-state index in [2.05, 4.69) is 18.9 Å². The number of anilines is 1. The van der Waals surface area contributed by atoms with Gasteiger partial charge in [-0.05, 0) is 55.3 Å². The topological polar surface area (TPSA) is 20.3 Å². The molecule has 3 heteroatoms. The van der Waals surface area contributed by atoms with Crippen LogP contribution in [-0.4, -0.2) is 13.3 Å². The van der Waals surface area contributed by atoms with Crippen molar-refractivity contribution in [2.24, 2.45) is 0 Å². The third kappa shape index (κ3) is 3.02. The summed E-state index contributed by atoms with van der Waals surface area (Å²) in [5, 5.41) is 0.745. The van der Waals surface area contributed by atoms with Crippen molar-refractivity contribution in [3.05, 3.63) is 64.2 Å². The Morgan fingerprint density at radius 2 is 1.80 bits per heavy atom. The molecule has 0 amide bonds. The van der Waals surface area contributed by atoms with E-state index in [1.165, 1.54) is 5.56 Å². The largest absolute Gasteiger partial charge is 0.368 e. The van der Waals surface area contributed by atoms with Crippen molar-refractivity contribution in [1.29, 1.82) is 0 Å². The number of carbonyl (C=O) groups is 1. The lowest BCUT2D eigenvalue weighted by atomic mass is 10.0. The molecule has 2 rings (SSSR count). The molecule has 1 unspecified atom stereocenters. The zero-order valence-corrected chi connectivity index (χ0v) is 12.7. The fourth-order valence-corrected chi connectivity index (χ4v) is 2.33. The van der Waals surface area contributed by atoms with E-state index in [4.69, 9.17) is 11.6 Å². The van der Waals surface area contributed by atoms with E-state index < -0.39 is 0 Å². The van der Waals surface area contributed by atoms with E-state index in [0.29, 0.717) is 0 Å². The number of hydrogen-bond acceptors (Lipinski definition) is 2. The van der Waals surface area contributed by atoms with Crippen LogP contribution in [0.4, 0.5) is 5.69 Å². The van der Waals surface area contributed by atoms with Gasteiger partial charge in [-0.3, -0.25) is 4.79 Å². The predicted molar refractivity (Wildman–Crippen MR) is 84.8 cm³/mol. The molecule has 20 heavy (non-hydrogen) atoms. The van der Waals surface area contributed by atoms with Gasteiger partial charge in [0, 0.05) is 23.3 Å². The second-order valence-electron chi connectivity index (χ2n) is 5.00. The predicted octanol–water partition coefficient (Wildman–Crippen LogP) is 4.66. The van der Waals surface area contributed by atoms with Gasteiger partial charge in [-0.1, -0.05) is 23.7 Å². The van der Waals surface area contributed by atoms with Gasteiger partial charge >= 0.3 is 0 Å². The zero-order chi connectivity index (χ0) is 14.7. The Morgan fingerprint density at radius 3 is 2.35 bits per heavy atom. The average molecular weight is 288 g/mol. The Kier molecular flexibility index (Phi) is 4.46. The molecule has 0 bridgehead atoms. The Hall–Kier alpha value is -1.80. The van der Waals surface area contributed by atoms with Gasteiger partial charge in [-0.15, -0.1) is 0 Å². The van der Waals surface area contributed by atoms with Crippen molar-refractivity contribution in [3.8, 4) is 0 Å². The van der Waals surface area contributed by atoms with Crippen LogP contribution < -0.4 is 4.90 Å². The van der Waals surface area contributed by atoms with Crippen LogP contribution in [0.5, 0.6) is 0 Å². The van der Waals surface area contributed by atoms with Gasteiger partial charge in [-0.25, -0.2) is 0 Å². The molecule has 1 atom stereocenters. The van der Waals surface area contributed by atoms with Gasteiger partial charge in [0.15, 0.2) is 0 Å². The van der Waals surface area contributed by atoms with E-state index >= 15 is 0 Å². The lowest BCUT2D eigenvalue weighted by Crippen LogP contribution is -2.21. The fourth-order valence-electron chi connectivity index (χ4n) is 2.20. The van der Waals surface area contributed by atoms with E-state index in [9.17, 15) is 4.79 Å². The lowest BCUT2D eigenvalue weighted by molar-refractivity contribution is 0.112. The summed E-state index contributed by atoms with van der Waals surface area (Å²) in [6.45, 7) is 4.10. The lowest BCUT2D eigenvalue weighted by Gasteiger charge is -2.28. The quantitative estimate of drug-likeness (QED) is 0.762. The number of benzene rings is 2. The Morgan fingerprint density at radius 1 is 1.15 bits per heavy atom. The van der Waals surface area contributed by atoms with Crippen molar-refractivity contribution in [2.75, 3.05) is 11.9 Å². The highest BCUT2D eigenvalue weighted by Gasteiger charge is 2.13. The van der Waals surface area contributed by atoms with Crippen LogP contribution in [0.3, 0.4) is 0 Å². The third-order valence-corrected chi connectivity index (χ3v) is 3.97. The summed E-state index contributed by atoms with van der Waals surface area (Å²) < 4.78 is 0. The maximum atomic E-state index is 10.9. The molecule has 0 spiro atoms. The molecular weight excluding hydrogens is 270 g/mol. The molecule has 0 saturated heterocycles. The molecule has 0 fully saturated rings. The molecule has 0 aromatic heterocycles. The molecule has 0 aliphatic heterocycles. The zero-order valence-electron chi connectivity index (χ0n) is 11.9. The van der Waals surface area contributed by atoms with Crippen molar-refractivity contribution >= 4 is 23.6 Å². The molecule has 0 aliphatic carbocycles. The van der Waals surface area contributed by atoms with Crippen LogP contribution in [0.25, 0.3) is 0 Å². The first-order chi connectivity index (χ1) is 9.52. The monoisotopic (exact) mass is 287 g/mol. The Bertz CT molecular complexity index is 607. The highest BCUT2D eigenvalue weighted by molar-refractivity contribution is 6.30. The molecule has 2 aromatic rings.